The highest BCUT2D eigenvalue weighted by molar-refractivity contribution is 7.92. The smallest absolute Gasteiger partial charge is 0.309 e. The molecule has 1 aliphatic heterocycles. The molecular weight excluding hydrogens is 368 g/mol. The van der Waals surface area contributed by atoms with E-state index >= 15 is 0 Å². The first-order valence-electron chi connectivity index (χ1n) is 9.30. The fraction of sp³-hybridized carbons (Fsp3) is 0.579. The van der Waals surface area contributed by atoms with Gasteiger partial charge in [-0.2, -0.15) is 0 Å². The maximum absolute atomic E-state index is 12.4. The lowest BCUT2D eigenvalue weighted by molar-refractivity contribution is -0.151. The average molecular weight is 397 g/mol. The van der Waals surface area contributed by atoms with Crippen LogP contribution in [0.1, 0.15) is 32.6 Å². The van der Waals surface area contributed by atoms with E-state index in [4.69, 9.17) is 4.74 Å². The van der Waals surface area contributed by atoms with Crippen LogP contribution in [-0.4, -0.2) is 57.7 Å². The van der Waals surface area contributed by atoms with Gasteiger partial charge in [-0.05, 0) is 38.3 Å². The molecule has 0 spiro atoms. The Labute approximate surface area is 161 Å². The van der Waals surface area contributed by atoms with Gasteiger partial charge in [0.05, 0.1) is 24.5 Å². The lowest BCUT2D eigenvalue weighted by Gasteiger charge is -2.31. The molecule has 0 unspecified atom stereocenters. The molecule has 150 valence electrons. The number of carbonyl (C=O) groups is 2. The van der Waals surface area contributed by atoms with Crippen LogP contribution in [0.5, 0.6) is 0 Å². The maximum Gasteiger partial charge on any atom is 0.309 e. The Balaban J connectivity index is 1.82. The van der Waals surface area contributed by atoms with E-state index in [1.165, 1.54) is 10.6 Å². The summed E-state index contributed by atoms with van der Waals surface area (Å²) in [7, 11) is -3.41. The van der Waals surface area contributed by atoms with Gasteiger partial charge in [-0.25, -0.2) is 8.42 Å². The number of hydrogen-bond acceptors (Lipinski definition) is 5. The molecule has 1 aliphatic rings. The lowest BCUT2D eigenvalue weighted by atomic mass is 9.97. The molecule has 0 saturated carbocycles. The second kappa shape index (κ2) is 9.73. The second-order valence-corrected chi connectivity index (χ2v) is 8.59. The Morgan fingerprint density at radius 1 is 1.19 bits per heavy atom. The van der Waals surface area contributed by atoms with E-state index in [2.05, 4.69) is 0 Å². The van der Waals surface area contributed by atoms with Crippen LogP contribution in [0.4, 0.5) is 5.69 Å². The average Bonchev–Trinajstić information content (AvgIpc) is 2.65. The van der Waals surface area contributed by atoms with Crippen LogP contribution in [0.3, 0.4) is 0 Å². The van der Waals surface area contributed by atoms with E-state index in [9.17, 15) is 18.0 Å². The summed E-state index contributed by atoms with van der Waals surface area (Å²) in [6.45, 7) is 3.49. The van der Waals surface area contributed by atoms with Crippen LogP contribution in [0, 0.1) is 5.92 Å². The van der Waals surface area contributed by atoms with Crippen LogP contribution >= 0.6 is 0 Å². The Morgan fingerprint density at radius 3 is 2.37 bits per heavy atom. The van der Waals surface area contributed by atoms with Crippen molar-refractivity contribution in [1.29, 1.82) is 0 Å². The number of anilines is 1. The summed E-state index contributed by atoms with van der Waals surface area (Å²) in [4.78, 5) is 25.9. The summed E-state index contributed by atoms with van der Waals surface area (Å²) in [6.07, 6.45) is 3.12. The number of hydrogen-bond donors (Lipinski definition) is 0. The third-order valence-corrected chi connectivity index (χ3v) is 5.86. The molecule has 1 aromatic carbocycles. The van der Waals surface area contributed by atoms with Crippen LogP contribution in [0.25, 0.3) is 0 Å². The van der Waals surface area contributed by atoms with E-state index in [1.807, 2.05) is 6.07 Å². The minimum atomic E-state index is -3.41. The number of carbonyl (C=O) groups excluding carboxylic acids is 2. The number of esters is 1. The summed E-state index contributed by atoms with van der Waals surface area (Å²) in [6, 6.07) is 8.87. The first kappa shape index (κ1) is 21.2. The first-order valence-corrected chi connectivity index (χ1v) is 11.1. The summed E-state index contributed by atoms with van der Waals surface area (Å²) < 4.78 is 30.5. The van der Waals surface area contributed by atoms with Crippen LogP contribution < -0.4 is 4.31 Å². The van der Waals surface area contributed by atoms with Gasteiger partial charge in [-0.1, -0.05) is 18.2 Å². The minimum Gasteiger partial charge on any atom is -0.466 e. The molecule has 1 saturated heterocycles. The van der Waals surface area contributed by atoms with Crippen molar-refractivity contribution < 1.29 is 22.7 Å². The number of benzene rings is 1. The number of piperidine rings is 1. The van der Waals surface area contributed by atoms with E-state index in [-0.39, 0.29) is 30.8 Å². The fourth-order valence-corrected chi connectivity index (χ4v) is 4.20. The highest BCUT2D eigenvalue weighted by Gasteiger charge is 2.28. The fourth-order valence-electron chi connectivity index (χ4n) is 3.24. The monoisotopic (exact) mass is 396 g/mol. The van der Waals surface area contributed by atoms with Crippen molar-refractivity contribution in [3.8, 4) is 0 Å². The van der Waals surface area contributed by atoms with Gasteiger partial charge in [0, 0.05) is 26.1 Å². The van der Waals surface area contributed by atoms with Gasteiger partial charge in [0.1, 0.15) is 0 Å². The summed E-state index contributed by atoms with van der Waals surface area (Å²) in [5.41, 5.74) is 0.600. The number of rotatable bonds is 8. The van der Waals surface area contributed by atoms with Gasteiger partial charge in [0.2, 0.25) is 15.9 Å². The summed E-state index contributed by atoms with van der Waals surface area (Å²) in [5.74, 6) is -0.317. The first-order chi connectivity index (χ1) is 12.8. The maximum atomic E-state index is 12.4. The van der Waals surface area contributed by atoms with Gasteiger partial charge in [-0.3, -0.25) is 13.9 Å². The standard InChI is InChI=1S/C19H28N2O5S/c1-3-26-19(23)16-11-14-20(15-12-16)18(22)10-7-13-21(27(2,24)25)17-8-5-4-6-9-17/h4-6,8-9,16H,3,7,10-15H2,1-2H3. The SMILES string of the molecule is CCOC(=O)C1CCN(C(=O)CCCN(c2ccccc2)S(C)(=O)=O)CC1. The number of likely N-dealkylation sites (tertiary alicyclic amines) is 1. The van der Waals surface area contributed by atoms with Crippen molar-refractivity contribution in [2.75, 3.05) is 36.8 Å². The Kier molecular flexibility index (Phi) is 7.65. The minimum absolute atomic E-state index is 0.00109. The summed E-state index contributed by atoms with van der Waals surface area (Å²) in [5, 5.41) is 0. The third kappa shape index (κ3) is 6.23. The topological polar surface area (TPSA) is 84.0 Å². The van der Waals surface area contributed by atoms with Crippen molar-refractivity contribution in [3.63, 3.8) is 0 Å². The quantitative estimate of drug-likeness (QED) is 0.628. The molecule has 1 amide bonds. The molecule has 8 heteroatoms. The second-order valence-electron chi connectivity index (χ2n) is 6.68. The number of para-hydroxylation sites is 1. The van der Waals surface area contributed by atoms with Crippen molar-refractivity contribution in [1.82, 2.24) is 4.90 Å². The van der Waals surface area contributed by atoms with Crippen molar-refractivity contribution >= 4 is 27.6 Å². The third-order valence-electron chi connectivity index (χ3n) is 4.66. The zero-order chi connectivity index (χ0) is 19.9. The number of amides is 1. The molecule has 1 heterocycles. The molecular formula is C19H28N2O5S. The number of nitrogens with zero attached hydrogens (tertiary/aromatic N) is 2. The van der Waals surface area contributed by atoms with E-state index in [0.717, 1.165) is 0 Å². The molecule has 1 fully saturated rings. The van der Waals surface area contributed by atoms with Gasteiger partial charge in [-0.15, -0.1) is 0 Å². The predicted molar refractivity (Wildman–Crippen MR) is 104 cm³/mol. The largest absolute Gasteiger partial charge is 0.466 e. The molecule has 1 aromatic rings. The Morgan fingerprint density at radius 2 is 1.81 bits per heavy atom. The molecule has 0 radical (unpaired) electrons. The van der Waals surface area contributed by atoms with Crippen LogP contribution in [0.2, 0.25) is 0 Å². The Bertz CT molecular complexity index is 728. The molecule has 27 heavy (non-hydrogen) atoms. The van der Waals surface area contributed by atoms with Crippen LogP contribution in [0.15, 0.2) is 30.3 Å². The van der Waals surface area contributed by atoms with E-state index in [0.29, 0.717) is 44.6 Å². The number of ether oxygens (including phenoxy) is 1. The molecule has 0 bridgehead atoms. The molecule has 0 N–H and O–H groups in total. The van der Waals surface area contributed by atoms with Gasteiger partial charge in [0.15, 0.2) is 0 Å². The normalized spacial score (nSPS) is 15.4. The zero-order valence-corrected chi connectivity index (χ0v) is 16.8. The molecule has 0 aliphatic carbocycles. The molecule has 2 rings (SSSR count). The predicted octanol–water partition coefficient (Wildman–Crippen LogP) is 2.03. The summed E-state index contributed by atoms with van der Waals surface area (Å²) >= 11 is 0. The molecule has 0 atom stereocenters. The van der Waals surface area contributed by atoms with Crippen molar-refractivity contribution in [2.24, 2.45) is 5.92 Å². The lowest BCUT2D eigenvalue weighted by Crippen LogP contribution is -2.41. The Hall–Kier alpha value is -2.09. The molecule has 0 aromatic heterocycles. The van der Waals surface area contributed by atoms with Gasteiger partial charge in [0.25, 0.3) is 0 Å². The zero-order valence-electron chi connectivity index (χ0n) is 16.0. The van der Waals surface area contributed by atoms with Crippen LogP contribution in [-0.2, 0) is 24.3 Å². The van der Waals surface area contributed by atoms with E-state index in [1.54, 1.807) is 36.1 Å². The number of sulfonamides is 1. The van der Waals surface area contributed by atoms with Gasteiger partial charge >= 0.3 is 5.97 Å². The van der Waals surface area contributed by atoms with Crippen molar-refractivity contribution in [2.45, 2.75) is 32.6 Å². The molecule has 7 nitrogen and oxygen atoms in total. The van der Waals surface area contributed by atoms with Crippen molar-refractivity contribution in [3.05, 3.63) is 30.3 Å². The van der Waals surface area contributed by atoms with E-state index < -0.39 is 10.0 Å². The highest BCUT2D eigenvalue weighted by Crippen LogP contribution is 2.21. The highest BCUT2D eigenvalue weighted by atomic mass is 32.2. The van der Waals surface area contributed by atoms with Gasteiger partial charge < -0.3 is 9.64 Å².